The molecule has 0 bridgehead atoms. The number of fused-ring (bicyclic) bond motifs is 1. The Morgan fingerprint density at radius 2 is 1.54 bits per heavy atom. The molecule has 1 aromatic heterocycles. The molecule has 4 nitrogen and oxygen atoms in total. The molecule has 0 aliphatic heterocycles. The van der Waals surface area contributed by atoms with Gasteiger partial charge in [-0.1, -0.05) is 59.6 Å². The number of para-hydroxylation sites is 2. The van der Waals surface area contributed by atoms with E-state index in [9.17, 15) is 9.90 Å². The first-order chi connectivity index (χ1) is 13.5. The van der Waals surface area contributed by atoms with E-state index in [0.717, 1.165) is 5.56 Å². The Bertz CT molecular complexity index is 1240. The van der Waals surface area contributed by atoms with Crippen molar-refractivity contribution >= 4 is 46.3 Å². The van der Waals surface area contributed by atoms with Gasteiger partial charge in [0.25, 0.3) is 5.56 Å². The summed E-state index contributed by atoms with van der Waals surface area (Å²) in [4.78, 5) is 17.9. The summed E-state index contributed by atoms with van der Waals surface area (Å²) in [6, 6.07) is 18.9. The van der Waals surface area contributed by atoms with Crippen molar-refractivity contribution in [2.24, 2.45) is 0 Å². The van der Waals surface area contributed by atoms with Gasteiger partial charge in [0, 0.05) is 0 Å². The molecule has 0 saturated heterocycles. The van der Waals surface area contributed by atoms with Crippen LogP contribution in [0.2, 0.25) is 10.0 Å². The second kappa shape index (κ2) is 7.50. The van der Waals surface area contributed by atoms with Crippen molar-refractivity contribution in [3.8, 4) is 11.4 Å². The minimum absolute atomic E-state index is 0.181. The van der Waals surface area contributed by atoms with Crippen LogP contribution < -0.4 is 5.56 Å². The number of hydrogen-bond acceptors (Lipinski definition) is 3. The van der Waals surface area contributed by atoms with Gasteiger partial charge in [-0.25, -0.2) is 4.98 Å². The molecular weight excluding hydrogens is 395 g/mol. The average molecular weight is 409 g/mol. The molecule has 0 atom stereocenters. The minimum Gasteiger partial charge on any atom is -0.508 e. The standard InChI is InChI=1S/C22H14Cl2N2O2/c23-17-5-3-6-18(24)21(17)26-20(13-10-14-8-11-15(27)12-9-14)25-19-7-2-1-4-16(19)22(26)28/h1-13,27H/b13-10+. The molecular formula is C22H14Cl2N2O2. The van der Waals surface area contributed by atoms with Crippen LogP contribution in [0.3, 0.4) is 0 Å². The second-order valence-corrected chi connectivity index (χ2v) is 6.94. The van der Waals surface area contributed by atoms with Crippen LogP contribution in [-0.4, -0.2) is 14.7 Å². The lowest BCUT2D eigenvalue weighted by Gasteiger charge is -2.14. The molecule has 4 aromatic rings. The van der Waals surface area contributed by atoms with E-state index < -0.39 is 0 Å². The lowest BCUT2D eigenvalue weighted by atomic mass is 10.2. The lowest BCUT2D eigenvalue weighted by Crippen LogP contribution is -2.23. The summed E-state index contributed by atoms with van der Waals surface area (Å²) >= 11 is 12.7. The number of aromatic hydroxyl groups is 1. The summed E-state index contributed by atoms with van der Waals surface area (Å²) in [6.45, 7) is 0. The average Bonchev–Trinajstić information content (AvgIpc) is 2.69. The van der Waals surface area contributed by atoms with Crippen molar-refractivity contribution in [2.45, 2.75) is 0 Å². The predicted octanol–water partition coefficient (Wildman–Crippen LogP) is 5.57. The van der Waals surface area contributed by atoms with Gasteiger partial charge in [-0.05, 0) is 48.0 Å². The number of benzene rings is 3. The summed E-state index contributed by atoms with van der Waals surface area (Å²) in [5, 5.41) is 10.6. The minimum atomic E-state index is -0.258. The summed E-state index contributed by atoms with van der Waals surface area (Å²) in [6.07, 6.45) is 3.52. The van der Waals surface area contributed by atoms with Crippen LogP contribution in [0.1, 0.15) is 11.4 Å². The Kier molecular flexibility index (Phi) is 4.90. The van der Waals surface area contributed by atoms with Gasteiger partial charge in [0.15, 0.2) is 0 Å². The number of phenols is 1. The van der Waals surface area contributed by atoms with Gasteiger partial charge in [-0.2, -0.15) is 0 Å². The van der Waals surface area contributed by atoms with Crippen LogP contribution in [0.25, 0.3) is 28.7 Å². The topological polar surface area (TPSA) is 55.1 Å². The van der Waals surface area contributed by atoms with E-state index in [1.165, 1.54) is 4.57 Å². The van der Waals surface area contributed by atoms with Crippen molar-refractivity contribution in [2.75, 3.05) is 0 Å². The maximum absolute atomic E-state index is 13.2. The zero-order valence-corrected chi connectivity index (χ0v) is 16.0. The molecule has 6 heteroatoms. The van der Waals surface area contributed by atoms with Gasteiger partial charge >= 0.3 is 0 Å². The first-order valence-corrected chi connectivity index (χ1v) is 9.23. The molecule has 3 aromatic carbocycles. The molecule has 138 valence electrons. The maximum Gasteiger partial charge on any atom is 0.266 e. The summed E-state index contributed by atoms with van der Waals surface area (Å²) in [5.74, 6) is 0.576. The van der Waals surface area contributed by atoms with E-state index in [4.69, 9.17) is 23.2 Å². The van der Waals surface area contributed by atoms with Crippen LogP contribution >= 0.6 is 23.2 Å². The third-order valence-corrected chi connectivity index (χ3v) is 4.89. The SMILES string of the molecule is O=c1c2ccccc2nc(/C=C/c2ccc(O)cc2)n1-c1c(Cl)cccc1Cl. The Hall–Kier alpha value is -3.08. The van der Waals surface area contributed by atoms with Crippen molar-refractivity contribution < 1.29 is 5.11 Å². The Labute approximate surface area is 170 Å². The Morgan fingerprint density at radius 3 is 2.25 bits per heavy atom. The van der Waals surface area contributed by atoms with E-state index in [0.29, 0.717) is 32.5 Å². The summed E-state index contributed by atoms with van der Waals surface area (Å²) < 4.78 is 1.42. The fraction of sp³-hybridized carbons (Fsp3) is 0. The Balaban J connectivity index is 1.99. The summed E-state index contributed by atoms with van der Waals surface area (Å²) in [5.41, 5.74) is 1.56. The number of rotatable bonds is 3. The number of halogens is 2. The highest BCUT2D eigenvalue weighted by molar-refractivity contribution is 6.37. The van der Waals surface area contributed by atoms with Crippen molar-refractivity contribution in [3.63, 3.8) is 0 Å². The van der Waals surface area contributed by atoms with Crippen LogP contribution in [0.4, 0.5) is 0 Å². The fourth-order valence-corrected chi connectivity index (χ4v) is 3.50. The smallest absolute Gasteiger partial charge is 0.266 e. The van der Waals surface area contributed by atoms with Crippen LogP contribution in [-0.2, 0) is 0 Å². The molecule has 0 unspecified atom stereocenters. The highest BCUT2D eigenvalue weighted by Gasteiger charge is 2.16. The first-order valence-electron chi connectivity index (χ1n) is 8.48. The molecule has 0 radical (unpaired) electrons. The van der Waals surface area contributed by atoms with E-state index in [1.807, 2.05) is 6.07 Å². The van der Waals surface area contributed by atoms with Gasteiger partial charge in [-0.3, -0.25) is 9.36 Å². The number of nitrogens with zero attached hydrogens (tertiary/aromatic N) is 2. The molecule has 0 amide bonds. The highest BCUT2D eigenvalue weighted by atomic mass is 35.5. The molecule has 0 saturated carbocycles. The molecule has 1 heterocycles. The molecule has 0 aliphatic carbocycles. The largest absolute Gasteiger partial charge is 0.508 e. The van der Waals surface area contributed by atoms with Crippen LogP contribution in [0, 0.1) is 0 Å². The van der Waals surface area contributed by atoms with Crippen molar-refractivity contribution in [3.05, 3.63) is 98.5 Å². The van der Waals surface area contributed by atoms with Gasteiger partial charge in [0.05, 0.1) is 26.6 Å². The lowest BCUT2D eigenvalue weighted by molar-refractivity contribution is 0.475. The van der Waals surface area contributed by atoms with Gasteiger partial charge < -0.3 is 5.11 Å². The third-order valence-electron chi connectivity index (χ3n) is 4.28. The van der Waals surface area contributed by atoms with Gasteiger partial charge in [0.1, 0.15) is 11.6 Å². The normalized spacial score (nSPS) is 11.4. The van der Waals surface area contributed by atoms with E-state index >= 15 is 0 Å². The number of aromatic nitrogens is 2. The van der Waals surface area contributed by atoms with E-state index in [2.05, 4.69) is 4.98 Å². The maximum atomic E-state index is 13.2. The van der Waals surface area contributed by atoms with Gasteiger partial charge in [0.2, 0.25) is 0 Å². The van der Waals surface area contributed by atoms with Crippen molar-refractivity contribution in [1.29, 1.82) is 0 Å². The molecule has 0 fully saturated rings. The van der Waals surface area contributed by atoms with Crippen LogP contribution in [0.15, 0.2) is 71.5 Å². The quantitative estimate of drug-likeness (QED) is 0.482. The van der Waals surface area contributed by atoms with E-state index in [1.54, 1.807) is 72.8 Å². The zero-order valence-electron chi connectivity index (χ0n) is 14.5. The number of hydrogen-bond donors (Lipinski definition) is 1. The number of phenolic OH excluding ortho intramolecular Hbond substituents is 1. The molecule has 0 spiro atoms. The molecule has 1 N–H and O–H groups in total. The van der Waals surface area contributed by atoms with Crippen molar-refractivity contribution in [1.82, 2.24) is 9.55 Å². The summed E-state index contributed by atoms with van der Waals surface area (Å²) in [7, 11) is 0. The highest BCUT2D eigenvalue weighted by Crippen LogP contribution is 2.29. The van der Waals surface area contributed by atoms with Crippen LogP contribution in [0.5, 0.6) is 5.75 Å². The monoisotopic (exact) mass is 408 g/mol. The third kappa shape index (κ3) is 3.40. The second-order valence-electron chi connectivity index (χ2n) is 6.12. The Morgan fingerprint density at radius 1 is 0.857 bits per heavy atom. The molecule has 4 rings (SSSR count). The zero-order chi connectivity index (χ0) is 19.7. The molecule has 28 heavy (non-hydrogen) atoms. The van der Waals surface area contributed by atoms with E-state index in [-0.39, 0.29) is 11.3 Å². The first kappa shape index (κ1) is 18.3. The fourth-order valence-electron chi connectivity index (χ4n) is 2.94. The van der Waals surface area contributed by atoms with Gasteiger partial charge in [-0.15, -0.1) is 0 Å². The predicted molar refractivity (Wildman–Crippen MR) is 114 cm³/mol. The molecule has 0 aliphatic rings.